The lowest BCUT2D eigenvalue weighted by Crippen LogP contribution is -2.39. The van der Waals surface area contributed by atoms with Crippen LogP contribution >= 0.6 is 0 Å². The SMILES string of the molecule is CC(=O)c1c(C)[nH]c(C(=O)N[C@@H]2CCN(C)[C@H]2c2ccccc2)c1C. The topological polar surface area (TPSA) is 65.2 Å². The summed E-state index contributed by atoms with van der Waals surface area (Å²) in [6.45, 7) is 6.12. The standard InChI is InChI=1S/C20H25N3O2/c1-12-17(14(3)24)13(2)21-18(12)20(25)22-16-10-11-23(4)19(16)15-8-6-5-7-9-15/h5-9,16,19,21H,10-11H2,1-4H3,(H,22,25)/t16-,19+/m1/s1. The zero-order chi connectivity index (χ0) is 18.1. The van der Waals surface area contributed by atoms with Crippen LogP contribution in [-0.4, -0.2) is 41.2 Å². The van der Waals surface area contributed by atoms with Crippen LogP contribution in [0.2, 0.25) is 0 Å². The van der Waals surface area contributed by atoms with Crippen molar-refractivity contribution in [2.45, 2.75) is 39.3 Å². The fourth-order valence-electron chi connectivity index (χ4n) is 3.98. The van der Waals surface area contributed by atoms with Gasteiger partial charge in [-0.15, -0.1) is 0 Å². The van der Waals surface area contributed by atoms with E-state index in [4.69, 9.17) is 0 Å². The van der Waals surface area contributed by atoms with Gasteiger partial charge in [0.05, 0.1) is 12.1 Å². The summed E-state index contributed by atoms with van der Waals surface area (Å²) in [5.41, 5.74) is 3.79. The molecule has 1 aromatic carbocycles. The van der Waals surface area contributed by atoms with E-state index in [1.165, 1.54) is 12.5 Å². The summed E-state index contributed by atoms with van der Waals surface area (Å²) in [6, 6.07) is 10.5. The molecule has 2 aromatic rings. The minimum absolute atomic E-state index is 0.0203. The summed E-state index contributed by atoms with van der Waals surface area (Å²) in [7, 11) is 2.09. The van der Waals surface area contributed by atoms with Crippen molar-refractivity contribution in [3.8, 4) is 0 Å². The van der Waals surface area contributed by atoms with Crippen LogP contribution in [0.3, 0.4) is 0 Å². The lowest BCUT2D eigenvalue weighted by molar-refractivity contribution is 0.0922. The molecule has 0 bridgehead atoms. The Bertz CT molecular complexity index is 795. The van der Waals surface area contributed by atoms with Crippen molar-refractivity contribution in [2.24, 2.45) is 0 Å². The Hall–Kier alpha value is -2.40. The zero-order valence-corrected chi connectivity index (χ0v) is 15.2. The summed E-state index contributed by atoms with van der Waals surface area (Å²) in [4.78, 5) is 30.0. The third kappa shape index (κ3) is 3.24. The summed E-state index contributed by atoms with van der Waals surface area (Å²) < 4.78 is 0. The maximum Gasteiger partial charge on any atom is 0.268 e. The number of carbonyl (C=O) groups excluding carboxylic acids is 2. The number of H-pyrrole nitrogens is 1. The third-order valence-electron chi connectivity index (χ3n) is 5.12. The summed E-state index contributed by atoms with van der Waals surface area (Å²) in [6.07, 6.45) is 0.903. The van der Waals surface area contributed by atoms with Crippen molar-refractivity contribution < 1.29 is 9.59 Å². The van der Waals surface area contributed by atoms with Crippen molar-refractivity contribution in [2.75, 3.05) is 13.6 Å². The zero-order valence-electron chi connectivity index (χ0n) is 15.2. The molecule has 0 unspecified atom stereocenters. The fraction of sp³-hybridized carbons (Fsp3) is 0.400. The van der Waals surface area contributed by atoms with Crippen molar-refractivity contribution in [1.82, 2.24) is 15.2 Å². The Morgan fingerprint density at radius 1 is 1.20 bits per heavy atom. The predicted octanol–water partition coefficient (Wildman–Crippen LogP) is 3.01. The van der Waals surface area contributed by atoms with Gasteiger partial charge in [0.1, 0.15) is 5.69 Å². The van der Waals surface area contributed by atoms with E-state index in [-0.39, 0.29) is 23.8 Å². The fourth-order valence-corrected chi connectivity index (χ4v) is 3.98. The monoisotopic (exact) mass is 339 g/mol. The molecule has 2 N–H and O–H groups in total. The molecule has 1 amide bonds. The second-order valence-electron chi connectivity index (χ2n) is 6.89. The molecule has 1 aliphatic heterocycles. The Kier molecular flexibility index (Phi) is 4.77. The van der Waals surface area contributed by atoms with Crippen LogP contribution < -0.4 is 5.32 Å². The van der Waals surface area contributed by atoms with Gasteiger partial charge in [0.25, 0.3) is 5.91 Å². The molecular formula is C20H25N3O2. The average Bonchev–Trinajstić information content (AvgIpc) is 3.07. The second kappa shape index (κ2) is 6.84. The molecule has 2 heterocycles. The number of aryl methyl sites for hydroxylation is 1. The number of ketones is 1. The number of hydrogen-bond acceptors (Lipinski definition) is 3. The Morgan fingerprint density at radius 3 is 2.48 bits per heavy atom. The summed E-state index contributed by atoms with van der Waals surface area (Å²) in [5, 5.41) is 3.17. The number of aromatic nitrogens is 1. The molecule has 5 heteroatoms. The lowest BCUT2D eigenvalue weighted by Gasteiger charge is -2.26. The van der Waals surface area contributed by atoms with Gasteiger partial charge in [-0.05, 0) is 45.4 Å². The minimum atomic E-state index is -0.144. The Labute approximate surface area is 148 Å². The normalized spacial score (nSPS) is 20.6. The number of aromatic amines is 1. The molecule has 1 aromatic heterocycles. The minimum Gasteiger partial charge on any atom is -0.354 e. The number of hydrogen-bond donors (Lipinski definition) is 2. The number of likely N-dealkylation sites (tertiary alicyclic amines) is 1. The van der Waals surface area contributed by atoms with Gasteiger partial charge in [-0.2, -0.15) is 0 Å². The van der Waals surface area contributed by atoms with E-state index in [0.717, 1.165) is 24.2 Å². The molecule has 0 radical (unpaired) electrons. The van der Waals surface area contributed by atoms with E-state index in [1.807, 2.05) is 32.0 Å². The van der Waals surface area contributed by atoms with Crippen molar-refractivity contribution in [3.63, 3.8) is 0 Å². The molecule has 132 valence electrons. The molecule has 5 nitrogen and oxygen atoms in total. The van der Waals surface area contributed by atoms with Crippen LogP contribution in [0.4, 0.5) is 0 Å². The molecule has 1 saturated heterocycles. The number of amides is 1. The lowest BCUT2D eigenvalue weighted by atomic mass is 10.00. The number of Topliss-reactive ketones (excluding diaryl/α,β-unsaturated/α-hetero) is 1. The molecule has 25 heavy (non-hydrogen) atoms. The summed E-state index contributed by atoms with van der Waals surface area (Å²) >= 11 is 0. The van der Waals surface area contributed by atoms with Gasteiger partial charge < -0.3 is 10.3 Å². The number of carbonyl (C=O) groups is 2. The van der Waals surface area contributed by atoms with E-state index >= 15 is 0 Å². The molecule has 1 aliphatic rings. The van der Waals surface area contributed by atoms with E-state index in [2.05, 4.69) is 34.4 Å². The molecular weight excluding hydrogens is 314 g/mol. The number of likely N-dealkylation sites (N-methyl/N-ethyl adjacent to an activating group) is 1. The summed E-state index contributed by atoms with van der Waals surface area (Å²) in [5.74, 6) is -0.164. The van der Waals surface area contributed by atoms with Crippen LogP contribution in [0.5, 0.6) is 0 Å². The van der Waals surface area contributed by atoms with E-state index in [0.29, 0.717) is 11.3 Å². The van der Waals surface area contributed by atoms with Crippen LogP contribution in [0, 0.1) is 13.8 Å². The van der Waals surface area contributed by atoms with Crippen LogP contribution in [0.15, 0.2) is 30.3 Å². The number of benzene rings is 1. The van der Waals surface area contributed by atoms with Crippen LogP contribution in [0.25, 0.3) is 0 Å². The number of rotatable bonds is 4. The van der Waals surface area contributed by atoms with Gasteiger partial charge in [0.2, 0.25) is 0 Å². The van der Waals surface area contributed by atoms with Gasteiger partial charge >= 0.3 is 0 Å². The molecule has 2 atom stereocenters. The highest BCUT2D eigenvalue weighted by Crippen LogP contribution is 2.31. The quantitative estimate of drug-likeness (QED) is 0.842. The maximum atomic E-state index is 12.8. The third-order valence-corrected chi connectivity index (χ3v) is 5.12. The largest absolute Gasteiger partial charge is 0.354 e. The second-order valence-corrected chi connectivity index (χ2v) is 6.89. The van der Waals surface area contributed by atoms with Gasteiger partial charge in [-0.1, -0.05) is 30.3 Å². The first-order valence-corrected chi connectivity index (χ1v) is 8.66. The van der Waals surface area contributed by atoms with Gasteiger partial charge in [0, 0.05) is 17.8 Å². The Balaban J connectivity index is 1.83. The highest BCUT2D eigenvalue weighted by atomic mass is 16.2. The van der Waals surface area contributed by atoms with Gasteiger partial charge in [-0.3, -0.25) is 14.5 Å². The van der Waals surface area contributed by atoms with Crippen molar-refractivity contribution >= 4 is 11.7 Å². The highest BCUT2D eigenvalue weighted by molar-refractivity contribution is 6.02. The van der Waals surface area contributed by atoms with E-state index < -0.39 is 0 Å². The average molecular weight is 339 g/mol. The predicted molar refractivity (Wildman–Crippen MR) is 98.0 cm³/mol. The first kappa shape index (κ1) is 17.4. The van der Waals surface area contributed by atoms with Gasteiger partial charge in [0.15, 0.2) is 5.78 Å². The van der Waals surface area contributed by atoms with Crippen molar-refractivity contribution in [1.29, 1.82) is 0 Å². The molecule has 0 aliphatic carbocycles. The molecule has 3 rings (SSSR count). The number of nitrogens with zero attached hydrogens (tertiary/aromatic N) is 1. The molecule has 0 spiro atoms. The Morgan fingerprint density at radius 2 is 1.88 bits per heavy atom. The maximum absolute atomic E-state index is 12.8. The first-order chi connectivity index (χ1) is 11.9. The molecule has 1 fully saturated rings. The van der Waals surface area contributed by atoms with Crippen LogP contribution in [0.1, 0.15) is 57.1 Å². The smallest absolute Gasteiger partial charge is 0.268 e. The highest BCUT2D eigenvalue weighted by Gasteiger charge is 2.34. The van der Waals surface area contributed by atoms with Crippen molar-refractivity contribution in [3.05, 3.63) is 58.4 Å². The van der Waals surface area contributed by atoms with E-state index in [1.54, 1.807) is 0 Å². The van der Waals surface area contributed by atoms with Crippen LogP contribution in [-0.2, 0) is 0 Å². The van der Waals surface area contributed by atoms with Gasteiger partial charge in [-0.25, -0.2) is 0 Å². The molecule has 0 saturated carbocycles. The van der Waals surface area contributed by atoms with E-state index in [9.17, 15) is 9.59 Å². The number of nitrogens with one attached hydrogen (secondary N) is 2. The first-order valence-electron chi connectivity index (χ1n) is 8.66.